The maximum absolute atomic E-state index is 7.23. The van der Waals surface area contributed by atoms with Crippen molar-refractivity contribution in [2.45, 2.75) is 44.8 Å². The van der Waals surface area contributed by atoms with Crippen LogP contribution in [0.5, 0.6) is 0 Å². The molecule has 0 atom stereocenters. The first kappa shape index (κ1) is 15.8. The van der Waals surface area contributed by atoms with Crippen molar-refractivity contribution in [2.24, 2.45) is 23.7 Å². The Morgan fingerprint density at radius 1 is 0.680 bits per heavy atom. The lowest BCUT2D eigenvalue weighted by molar-refractivity contribution is -0.0814. The molecule has 0 spiro atoms. The lowest BCUT2D eigenvalue weighted by atomic mass is 9.55. The lowest BCUT2D eigenvalue weighted by Crippen LogP contribution is -2.63. The second kappa shape index (κ2) is 6.10. The van der Waals surface area contributed by atoms with Crippen LogP contribution in [0.1, 0.15) is 32.1 Å². The SMILES string of the molecule is C[Si](OC1C2CC3CC(C2)CC1C3)(c1ccccc1)c1ccccc1. The lowest BCUT2D eigenvalue weighted by Gasteiger charge is -2.55. The zero-order valence-electron chi connectivity index (χ0n) is 15.1. The molecule has 2 heteroatoms. The van der Waals surface area contributed by atoms with Crippen molar-refractivity contribution in [1.29, 1.82) is 0 Å². The summed E-state index contributed by atoms with van der Waals surface area (Å²) in [6.07, 6.45) is 7.69. The first-order chi connectivity index (χ1) is 12.2. The van der Waals surface area contributed by atoms with Crippen LogP contribution in [0.2, 0.25) is 6.55 Å². The predicted octanol–water partition coefficient (Wildman–Crippen LogP) is 4.22. The van der Waals surface area contributed by atoms with Gasteiger partial charge in [-0.05, 0) is 72.7 Å². The van der Waals surface area contributed by atoms with Gasteiger partial charge >= 0.3 is 0 Å². The van der Waals surface area contributed by atoms with Gasteiger partial charge in [-0.2, -0.15) is 0 Å². The molecule has 4 bridgehead atoms. The van der Waals surface area contributed by atoms with Crippen LogP contribution in [0.4, 0.5) is 0 Å². The molecule has 130 valence electrons. The molecule has 0 heterocycles. The minimum absolute atomic E-state index is 0.491. The smallest absolute Gasteiger partial charge is 0.253 e. The summed E-state index contributed by atoms with van der Waals surface area (Å²) in [5, 5.41) is 2.82. The van der Waals surface area contributed by atoms with Gasteiger partial charge in [0.2, 0.25) is 0 Å². The average molecular weight is 349 g/mol. The van der Waals surface area contributed by atoms with E-state index in [4.69, 9.17) is 4.43 Å². The molecule has 4 saturated carbocycles. The van der Waals surface area contributed by atoms with Crippen molar-refractivity contribution >= 4 is 18.7 Å². The predicted molar refractivity (Wildman–Crippen MR) is 106 cm³/mol. The van der Waals surface area contributed by atoms with E-state index in [-0.39, 0.29) is 0 Å². The minimum Gasteiger partial charge on any atom is -0.405 e. The van der Waals surface area contributed by atoms with Gasteiger partial charge in [-0.1, -0.05) is 60.7 Å². The van der Waals surface area contributed by atoms with Gasteiger partial charge in [0.1, 0.15) is 0 Å². The molecule has 4 fully saturated rings. The van der Waals surface area contributed by atoms with E-state index >= 15 is 0 Å². The third kappa shape index (κ3) is 2.70. The van der Waals surface area contributed by atoms with Crippen molar-refractivity contribution in [3.05, 3.63) is 60.7 Å². The Balaban J connectivity index is 1.51. The number of hydrogen-bond donors (Lipinski definition) is 0. The third-order valence-corrected chi connectivity index (χ3v) is 10.8. The standard InChI is InChI=1S/C23H28OSi/c1-25(21-8-4-2-5-9-21,22-10-6-3-7-11-22)24-23-19-13-17-12-18(15-19)16-20(23)14-17/h2-11,17-20,23H,12-16H2,1H3. The second-order valence-electron chi connectivity index (χ2n) is 8.78. The van der Waals surface area contributed by atoms with Crippen LogP contribution >= 0.6 is 0 Å². The van der Waals surface area contributed by atoms with Crippen LogP contribution in [0.25, 0.3) is 0 Å². The van der Waals surface area contributed by atoms with Crippen molar-refractivity contribution in [2.75, 3.05) is 0 Å². The fraction of sp³-hybridized carbons (Fsp3) is 0.478. The molecular formula is C23H28OSi. The molecule has 2 aromatic rings. The highest BCUT2D eigenvalue weighted by Crippen LogP contribution is 2.55. The Morgan fingerprint density at radius 3 is 1.56 bits per heavy atom. The summed E-state index contributed by atoms with van der Waals surface area (Å²) in [7, 11) is -2.16. The van der Waals surface area contributed by atoms with Gasteiger partial charge < -0.3 is 4.43 Å². The van der Waals surface area contributed by atoms with E-state index in [1.807, 2.05) is 0 Å². The van der Waals surface area contributed by atoms with E-state index < -0.39 is 8.32 Å². The summed E-state index contributed by atoms with van der Waals surface area (Å²) in [5.41, 5.74) is 0. The highest BCUT2D eigenvalue weighted by Gasteiger charge is 2.51. The van der Waals surface area contributed by atoms with Gasteiger partial charge in [-0.25, -0.2) is 0 Å². The molecule has 0 radical (unpaired) electrons. The summed E-state index contributed by atoms with van der Waals surface area (Å²) in [5.74, 6) is 3.64. The number of benzene rings is 2. The van der Waals surface area contributed by atoms with Gasteiger partial charge in [-0.15, -0.1) is 0 Å². The zero-order chi connectivity index (χ0) is 16.9. The van der Waals surface area contributed by atoms with Gasteiger partial charge in [-0.3, -0.25) is 0 Å². The molecule has 4 aliphatic rings. The first-order valence-electron chi connectivity index (χ1n) is 10.0. The fourth-order valence-corrected chi connectivity index (χ4v) is 9.35. The van der Waals surface area contributed by atoms with Gasteiger partial charge in [0.15, 0.2) is 0 Å². The molecule has 0 N–H and O–H groups in total. The molecule has 0 aromatic heterocycles. The van der Waals surface area contributed by atoms with E-state index in [2.05, 4.69) is 67.2 Å². The summed E-state index contributed by atoms with van der Waals surface area (Å²) < 4.78 is 7.23. The molecule has 4 aliphatic carbocycles. The number of hydrogen-bond acceptors (Lipinski definition) is 1. The van der Waals surface area contributed by atoms with Crippen LogP contribution in [0.15, 0.2) is 60.7 Å². The van der Waals surface area contributed by atoms with Crippen molar-refractivity contribution in [3.8, 4) is 0 Å². The van der Waals surface area contributed by atoms with E-state index in [1.165, 1.54) is 42.5 Å². The molecule has 6 rings (SSSR count). The highest BCUT2D eigenvalue weighted by atomic mass is 28.4. The summed E-state index contributed by atoms with van der Waals surface area (Å²) in [6, 6.07) is 22.1. The average Bonchev–Trinajstić information content (AvgIpc) is 2.65. The maximum atomic E-state index is 7.23. The zero-order valence-corrected chi connectivity index (χ0v) is 16.1. The van der Waals surface area contributed by atoms with Crippen LogP contribution in [0.3, 0.4) is 0 Å². The van der Waals surface area contributed by atoms with Gasteiger partial charge in [0.25, 0.3) is 8.32 Å². The monoisotopic (exact) mass is 348 g/mol. The second-order valence-corrected chi connectivity index (χ2v) is 12.2. The molecule has 1 nitrogen and oxygen atoms in total. The Labute approximate surface area is 152 Å². The summed E-state index contributed by atoms with van der Waals surface area (Å²) >= 11 is 0. The Morgan fingerprint density at radius 2 is 1.12 bits per heavy atom. The molecule has 0 aliphatic heterocycles. The summed E-state index contributed by atoms with van der Waals surface area (Å²) in [4.78, 5) is 0. The molecule has 2 aromatic carbocycles. The van der Waals surface area contributed by atoms with E-state index in [9.17, 15) is 0 Å². The number of rotatable bonds is 4. The minimum atomic E-state index is -2.16. The van der Waals surface area contributed by atoms with Crippen molar-refractivity contribution in [1.82, 2.24) is 0 Å². The quantitative estimate of drug-likeness (QED) is 0.752. The normalized spacial score (nSPS) is 33.6. The van der Waals surface area contributed by atoms with Gasteiger partial charge in [0.05, 0.1) is 6.10 Å². The molecular weight excluding hydrogens is 320 g/mol. The molecule has 0 unspecified atom stereocenters. The Hall–Kier alpha value is -1.38. The van der Waals surface area contributed by atoms with E-state index in [0.717, 1.165) is 23.7 Å². The van der Waals surface area contributed by atoms with E-state index in [1.54, 1.807) is 0 Å². The maximum Gasteiger partial charge on any atom is 0.253 e. The van der Waals surface area contributed by atoms with Crippen LogP contribution in [-0.2, 0) is 4.43 Å². The van der Waals surface area contributed by atoms with E-state index in [0.29, 0.717) is 6.10 Å². The Bertz CT molecular complexity index is 659. The van der Waals surface area contributed by atoms with Crippen LogP contribution < -0.4 is 10.4 Å². The Kier molecular flexibility index (Phi) is 3.87. The largest absolute Gasteiger partial charge is 0.405 e. The van der Waals surface area contributed by atoms with Gasteiger partial charge in [0, 0.05) is 0 Å². The van der Waals surface area contributed by atoms with Crippen LogP contribution in [-0.4, -0.2) is 14.4 Å². The first-order valence-corrected chi connectivity index (χ1v) is 12.4. The summed E-state index contributed by atoms with van der Waals surface area (Å²) in [6.45, 7) is 2.42. The molecule has 0 saturated heterocycles. The van der Waals surface area contributed by atoms with Crippen LogP contribution in [0, 0.1) is 23.7 Å². The van der Waals surface area contributed by atoms with Crippen molar-refractivity contribution in [3.63, 3.8) is 0 Å². The van der Waals surface area contributed by atoms with Crippen molar-refractivity contribution < 1.29 is 4.43 Å². The fourth-order valence-electron chi connectivity index (χ4n) is 6.15. The highest BCUT2D eigenvalue weighted by molar-refractivity contribution is 6.96. The third-order valence-electron chi connectivity index (χ3n) is 7.16. The molecule has 0 amide bonds. The molecule has 25 heavy (non-hydrogen) atoms. The topological polar surface area (TPSA) is 9.23 Å².